The van der Waals surface area contributed by atoms with Crippen LogP contribution in [0.5, 0.6) is 0 Å². The third-order valence-corrected chi connectivity index (χ3v) is 14.1. The van der Waals surface area contributed by atoms with Crippen molar-refractivity contribution in [2.45, 2.75) is 75.6 Å². The van der Waals surface area contributed by atoms with E-state index >= 15 is 8.78 Å². The number of benzene rings is 2. The molecule has 2 aromatic heterocycles. The molecule has 2 heterocycles. The molecule has 4 aromatic rings. The third kappa shape index (κ3) is 14.6. The molecule has 0 spiro atoms. The van der Waals surface area contributed by atoms with Gasteiger partial charge in [0.15, 0.2) is 17.3 Å². The van der Waals surface area contributed by atoms with Crippen molar-refractivity contribution in [1.82, 2.24) is 25.4 Å². The summed E-state index contributed by atoms with van der Waals surface area (Å²) in [5.74, 6) is -4.69. The number of pyridine rings is 1. The highest BCUT2D eigenvalue weighted by Crippen LogP contribution is 2.46. The minimum atomic E-state index is -5.35. The van der Waals surface area contributed by atoms with E-state index in [1.807, 2.05) is 5.32 Å². The van der Waals surface area contributed by atoms with Crippen molar-refractivity contribution in [2.75, 3.05) is 36.3 Å². The Balaban J connectivity index is 1.75. The number of hydrogen-bond acceptors (Lipinski definition) is 11. The van der Waals surface area contributed by atoms with E-state index in [-0.39, 0.29) is 49.8 Å². The Morgan fingerprint density at radius 1 is 1.11 bits per heavy atom. The number of alkyl halides is 8. The molecule has 2 unspecified atom stereocenters. The molecule has 1 amide bonds. The standard InChI is InChI=1S/C43H43ClF10N7O7PS2/c1-22-18-41(47,48)38(33(22)37(55)43(52,53)54)56-19-31(62)58-30(16-23-14-24(45)17-25(46)15-23)35-27(7-6-26(57-35)10-12-40(2,3)71(5)67)28-8-9-29(44)34-36(28)60(20-42(49,50)51)59-39(34)61(70-4)21-68-32(63)11-13-69(64,65)66/h6-9,14-15,17,22,30,55-56H,11,13,16,18-21H2,1-5H3,(H,58,62)(H2,64,65,66)/t22-,30?,71?/m0/s1. The van der Waals surface area contributed by atoms with Crippen molar-refractivity contribution >= 4 is 76.6 Å². The first kappa shape index (κ1) is 56.9. The maximum Gasteiger partial charge on any atom is 0.433 e. The largest absolute Gasteiger partial charge is 0.615 e. The molecule has 0 saturated heterocycles. The second-order valence-corrected chi connectivity index (χ2v) is 21.4. The molecule has 0 aliphatic heterocycles. The van der Waals surface area contributed by atoms with Crippen LogP contribution >= 0.6 is 31.1 Å². The molecule has 0 saturated carbocycles. The molecule has 28 heteroatoms. The zero-order valence-corrected chi connectivity index (χ0v) is 41.1. The van der Waals surface area contributed by atoms with Crippen LogP contribution < -0.4 is 14.9 Å². The van der Waals surface area contributed by atoms with Crippen LogP contribution in [0.15, 0.2) is 53.7 Å². The number of esters is 1. The second kappa shape index (κ2) is 22.0. The van der Waals surface area contributed by atoms with Crippen molar-refractivity contribution in [3.63, 3.8) is 0 Å². The summed E-state index contributed by atoms with van der Waals surface area (Å²) < 4.78 is 174. The van der Waals surface area contributed by atoms with Gasteiger partial charge in [0.05, 0.1) is 58.7 Å². The van der Waals surface area contributed by atoms with Crippen molar-refractivity contribution in [3.05, 3.63) is 87.3 Å². The highest BCUT2D eigenvalue weighted by atomic mass is 35.5. The summed E-state index contributed by atoms with van der Waals surface area (Å²) in [5.41, 5.74) is -5.70. The van der Waals surface area contributed by atoms with Gasteiger partial charge in [0.25, 0.3) is 5.92 Å². The number of carbonyl (C=O) groups is 2. The Hall–Kier alpha value is -5.03. The van der Waals surface area contributed by atoms with E-state index in [0.29, 0.717) is 10.7 Å². The average Bonchev–Trinajstić information content (AvgIpc) is 3.71. The van der Waals surface area contributed by atoms with Crippen LogP contribution in [0.2, 0.25) is 5.02 Å². The van der Waals surface area contributed by atoms with Gasteiger partial charge in [-0.2, -0.15) is 40.2 Å². The lowest BCUT2D eigenvalue weighted by Gasteiger charge is -2.24. The Kier molecular flexibility index (Phi) is 17.6. The maximum absolute atomic E-state index is 15.2. The zero-order valence-electron chi connectivity index (χ0n) is 37.8. The van der Waals surface area contributed by atoms with Crippen LogP contribution in [0, 0.1) is 34.8 Å². The molecule has 386 valence electrons. The lowest BCUT2D eigenvalue weighted by atomic mass is 9.93. The number of ether oxygens (including phenoxy) is 1. The second-order valence-electron chi connectivity index (χ2n) is 16.5. The molecule has 5 N–H and O–H groups in total. The lowest BCUT2D eigenvalue weighted by Crippen LogP contribution is -2.40. The number of carbonyl (C=O) groups excluding carboxylic acids is 2. The molecular formula is C43H43ClF10N7O7PS2. The lowest BCUT2D eigenvalue weighted by molar-refractivity contribution is -0.143. The summed E-state index contributed by atoms with van der Waals surface area (Å²) in [6, 6.07) is 5.71. The third-order valence-electron chi connectivity index (χ3n) is 10.7. The van der Waals surface area contributed by atoms with Gasteiger partial charge in [-0.3, -0.25) is 28.6 Å². The molecule has 0 radical (unpaired) electrons. The number of allylic oxidation sites excluding steroid dienone is 2. The molecule has 14 nitrogen and oxygen atoms in total. The van der Waals surface area contributed by atoms with Gasteiger partial charge in [0.1, 0.15) is 29.6 Å². The first-order valence-corrected chi connectivity index (χ1v) is 25.5. The van der Waals surface area contributed by atoms with E-state index in [1.54, 1.807) is 0 Å². The summed E-state index contributed by atoms with van der Waals surface area (Å²) in [5, 5.41) is 16.0. The van der Waals surface area contributed by atoms with E-state index in [1.165, 1.54) is 50.6 Å². The predicted octanol–water partition coefficient (Wildman–Crippen LogP) is 8.75. The summed E-state index contributed by atoms with van der Waals surface area (Å²) in [7, 11) is -4.63. The van der Waals surface area contributed by atoms with Crippen LogP contribution in [-0.2, 0) is 43.0 Å². The number of halogens is 11. The quantitative estimate of drug-likeness (QED) is 0.00927. The monoisotopic (exact) mass is 1090 g/mol. The first-order chi connectivity index (χ1) is 32.7. The van der Waals surface area contributed by atoms with Crippen LogP contribution in [0.25, 0.3) is 22.0 Å². The topological polar surface area (TPSA) is 206 Å². The number of nitrogens with zero attached hydrogens (tertiary/aromatic N) is 4. The first-order valence-electron chi connectivity index (χ1n) is 20.6. The fourth-order valence-electron chi connectivity index (χ4n) is 7.28. The Morgan fingerprint density at radius 2 is 1.75 bits per heavy atom. The molecular weight excluding hydrogens is 1050 g/mol. The molecule has 1 aliphatic rings. The van der Waals surface area contributed by atoms with E-state index in [0.717, 1.165) is 35.3 Å². The molecule has 0 fully saturated rings. The van der Waals surface area contributed by atoms with E-state index in [9.17, 15) is 63.6 Å². The summed E-state index contributed by atoms with van der Waals surface area (Å²) in [4.78, 5) is 49.4. The van der Waals surface area contributed by atoms with Gasteiger partial charge < -0.3 is 29.7 Å². The Morgan fingerprint density at radius 3 is 2.32 bits per heavy atom. The summed E-state index contributed by atoms with van der Waals surface area (Å²) in [6.45, 7) is 0.433. The van der Waals surface area contributed by atoms with Crippen molar-refractivity contribution in [3.8, 4) is 23.0 Å². The fraction of sp³-hybridized carbons (Fsp3) is 0.419. The SMILES string of the molecule is CSN(COC(=O)CCP(=O)(O)O)c1nn(CC(F)(F)F)c2c(-c3ccc(C#CC(C)(C)[S+](C)[O-])nc3C(Cc3cc(F)cc(F)c3)NC(=O)CNC3=C(C(=N)C(F)(F)F)[C@@H](C)CC3(F)F)ccc(Cl)c12. The Labute approximate surface area is 411 Å². The van der Waals surface area contributed by atoms with Crippen LogP contribution in [0.3, 0.4) is 0 Å². The van der Waals surface area contributed by atoms with Crippen LogP contribution in [0.1, 0.15) is 56.6 Å². The highest BCUT2D eigenvalue weighted by molar-refractivity contribution is 8.00. The van der Waals surface area contributed by atoms with Crippen molar-refractivity contribution < 1.29 is 77.1 Å². The molecule has 5 rings (SSSR count). The number of rotatable bonds is 18. The molecule has 3 atom stereocenters. The number of nitrogens with one attached hydrogen (secondary N) is 3. The minimum absolute atomic E-state index is 0.117. The number of anilines is 1. The van der Waals surface area contributed by atoms with Crippen molar-refractivity contribution in [2.24, 2.45) is 5.92 Å². The normalized spacial score (nSPS) is 16.1. The van der Waals surface area contributed by atoms with Gasteiger partial charge in [-0.1, -0.05) is 24.6 Å². The predicted molar refractivity (Wildman–Crippen MR) is 246 cm³/mol. The van der Waals surface area contributed by atoms with E-state index < -0.39 is 139 Å². The van der Waals surface area contributed by atoms with Crippen molar-refractivity contribution in [1.29, 1.82) is 5.41 Å². The Bertz CT molecular complexity index is 2830. The number of fused-ring (bicyclic) bond motifs is 1. The van der Waals surface area contributed by atoms with Crippen LogP contribution in [0.4, 0.5) is 49.7 Å². The van der Waals surface area contributed by atoms with Gasteiger partial charge in [-0.25, -0.2) is 13.8 Å². The smallest absolute Gasteiger partial charge is 0.433 e. The summed E-state index contributed by atoms with van der Waals surface area (Å²) in [6.07, 6.45) is -10.8. The molecule has 1 aliphatic carbocycles. The summed E-state index contributed by atoms with van der Waals surface area (Å²) >= 11 is 5.94. The van der Waals surface area contributed by atoms with Crippen LogP contribution in [-0.4, -0.2) is 102 Å². The van der Waals surface area contributed by atoms with Gasteiger partial charge in [0.2, 0.25) is 5.91 Å². The average molecular weight is 1090 g/mol. The number of hydrogen-bond donors (Lipinski definition) is 5. The maximum atomic E-state index is 15.2. The highest BCUT2D eigenvalue weighted by Gasteiger charge is 2.51. The van der Waals surface area contributed by atoms with Gasteiger partial charge in [-0.05, 0) is 97.0 Å². The van der Waals surface area contributed by atoms with Gasteiger partial charge >= 0.3 is 25.9 Å². The van der Waals surface area contributed by atoms with Gasteiger partial charge in [0, 0.05) is 35.4 Å². The van der Waals surface area contributed by atoms with Gasteiger partial charge in [-0.15, -0.1) is 0 Å². The number of amides is 1. The minimum Gasteiger partial charge on any atom is -0.615 e. The zero-order chi connectivity index (χ0) is 53.2. The fourth-order valence-corrected chi connectivity index (χ4v) is 8.64. The van der Waals surface area contributed by atoms with E-state index in [4.69, 9.17) is 21.7 Å². The number of aromatic nitrogens is 3. The molecule has 0 bridgehead atoms. The molecule has 2 aromatic carbocycles. The van der Waals surface area contributed by atoms with E-state index in [2.05, 4.69) is 27.2 Å². The molecule has 71 heavy (non-hydrogen) atoms.